The Kier molecular flexibility index (Phi) is 3.24. The Hall–Kier alpha value is -1.36. The van der Waals surface area contributed by atoms with Gasteiger partial charge in [-0.1, -0.05) is 12.1 Å². The van der Waals surface area contributed by atoms with Crippen molar-refractivity contribution in [2.24, 2.45) is 5.73 Å². The van der Waals surface area contributed by atoms with E-state index < -0.39 is 5.54 Å². The fourth-order valence-corrected chi connectivity index (χ4v) is 0.862. The van der Waals surface area contributed by atoms with Crippen LogP contribution in [-0.2, 0) is 11.3 Å². The molecule has 0 fully saturated rings. The van der Waals surface area contributed by atoms with Crippen LogP contribution >= 0.6 is 0 Å². The Morgan fingerprint density at radius 3 is 3.00 bits per heavy atom. The molecule has 14 heavy (non-hydrogen) atoms. The number of nitrogens with two attached hydrogens (primary N) is 1. The second kappa shape index (κ2) is 4.23. The molecule has 0 bridgehead atoms. The molecule has 1 atom stereocenters. The molecule has 78 valence electrons. The number of carbonyl (C=O) groups is 1. The maximum Gasteiger partial charge on any atom is 0.240 e. The van der Waals surface area contributed by atoms with E-state index in [2.05, 4.69) is 15.0 Å². The van der Waals surface area contributed by atoms with Crippen molar-refractivity contribution in [1.82, 2.24) is 10.5 Å². The molecule has 0 aliphatic carbocycles. The van der Waals surface area contributed by atoms with E-state index >= 15 is 0 Å². The summed E-state index contributed by atoms with van der Waals surface area (Å²) in [4.78, 5) is 11.5. The molecule has 0 aliphatic heterocycles. The van der Waals surface area contributed by atoms with Crippen LogP contribution in [0.25, 0.3) is 0 Å². The van der Waals surface area contributed by atoms with Crippen molar-refractivity contribution in [3.05, 3.63) is 18.0 Å². The highest BCUT2D eigenvalue weighted by atomic mass is 16.5. The van der Waals surface area contributed by atoms with Crippen molar-refractivity contribution in [1.29, 1.82) is 0 Å². The number of hydrogen-bond donors (Lipinski definition) is 2. The summed E-state index contributed by atoms with van der Waals surface area (Å²) in [6.07, 6.45) is 2.06. The van der Waals surface area contributed by atoms with Crippen LogP contribution < -0.4 is 11.1 Å². The van der Waals surface area contributed by atoms with Gasteiger partial charge in [0.1, 0.15) is 12.0 Å². The Bertz CT molecular complexity index is 293. The Morgan fingerprint density at radius 1 is 1.79 bits per heavy atom. The monoisotopic (exact) mass is 197 g/mol. The summed E-state index contributed by atoms with van der Waals surface area (Å²) in [6, 6.07) is 1.69. The van der Waals surface area contributed by atoms with Gasteiger partial charge in [-0.15, -0.1) is 0 Å². The largest absolute Gasteiger partial charge is 0.364 e. The summed E-state index contributed by atoms with van der Waals surface area (Å²) in [6.45, 7) is 3.92. The minimum atomic E-state index is -0.816. The van der Waals surface area contributed by atoms with Crippen LogP contribution in [0.15, 0.2) is 16.9 Å². The lowest BCUT2D eigenvalue weighted by atomic mass is 10.00. The van der Waals surface area contributed by atoms with Gasteiger partial charge < -0.3 is 15.6 Å². The summed E-state index contributed by atoms with van der Waals surface area (Å²) in [5, 5.41) is 6.36. The molecule has 3 N–H and O–H groups in total. The standard InChI is InChI=1S/C9H15N3O2/c1-3-9(2,10)8(13)11-6-7-4-5-14-12-7/h4-5H,3,6,10H2,1-2H3,(H,11,13). The number of rotatable bonds is 4. The molecule has 1 aromatic heterocycles. The smallest absolute Gasteiger partial charge is 0.240 e. The molecule has 1 rings (SSSR count). The Balaban J connectivity index is 2.43. The first-order chi connectivity index (χ1) is 6.56. The van der Waals surface area contributed by atoms with E-state index in [0.29, 0.717) is 18.7 Å². The van der Waals surface area contributed by atoms with E-state index in [0.717, 1.165) is 0 Å². The normalized spacial score (nSPS) is 14.8. The highest BCUT2D eigenvalue weighted by Gasteiger charge is 2.25. The first-order valence-electron chi connectivity index (χ1n) is 4.52. The van der Waals surface area contributed by atoms with E-state index in [4.69, 9.17) is 5.73 Å². The molecule has 1 heterocycles. The SMILES string of the molecule is CCC(C)(N)C(=O)NCc1ccon1. The topological polar surface area (TPSA) is 81.2 Å². The molecule has 0 saturated carbocycles. The average molecular weight is 197 g/mol. The second-order valence-corrected chi connectivity index (χ2v) is 3.44. The number of carbonyl (C=O) groups excluding carboxylic acids is 1. The molecule has 0 aromatic carbocycles. The van der Waals surface area contributed by atoms with Crippen LogP contribution in [0.2, 0.25) is 0 Å². The first-order valence-corrected chi connectivity index (χ1v) is 4.52. The van der Waals surface area contributed by atoms with E-state index in [9.17, 15) is 4.79 Å². The number of nitrogens with one attached hydrogen (secondary N) is 1. The van der Waals surface area contributed by atoms with Crippen LogP contribution in [0, 0.1) is 0 Å². The number of aromatic nitrogens is 1. The van der Waals surface area contributed by atoms with Gasteiger partial charge >= 0.3 is 0 Å². The summed E-state index contributed by atoms with van der Waals surface area (Å²) >= 11 is 0. The number of nitrogens with zero attached hydrogens (tertiary/aromatic N) is 1. The van der Waals surface area contributed by atoms with E-state index in [1.165, 1.54) is 6.26 Å². The lowest BCUT2D eigenvalue weighted by molar-refractivity contribution is -0.126. The van der Waals surface area contributed by atoms with Gasteiger partial charge in [0.15, 0.2) is 0 Å². The van der Waals surface area contributed by atoms with Gasteiger partial charge in [0.2, 0.25) is 5.91 Å². The third-order valence-corrected chi connectivity index (χ3v) is 2.17. The summed E-state index contributed by atoms with van der Waals surface area (Å²) in [5.41, 5.74) is 5.61. The van der Waals surface area contributed by atoms with Crippen molar-refractivity contribution < 1.29 is 9.32 Å². The van der Waals surface area contributed by atoms with Crippen LogP contribution in [0.4, 0.5) is 0 Å². The van der Waals surface area contributed by atoms with Gasteiger partial charge in [0.25, 0.3) is 0 Å². The predicted molar refractivity (Wildman–Crippen MR) is 51.2 cm³/mol. The minimum Gasteiger partial charge on any atom is -0.364 e. The highest BCUT2D eigenvalue weighted by Crippen LogP contribution is 2.04. The maximum atomic E-state index is 11.5. The fraction of sp³-hybridized carbons (Fsp3) is 0.556. The second-order valence-electron chi connectivity index (χ2n) is 3.44. The Labute approximate surface area is 82.6 Å². The average Bonchev–Trinajstić information content (AvgIpc) is 2.66. The van der Waals surface area contributed by atoms with E-state index in [-0.39, 0.29) is 5.91 Å². The lowest BCUT2D eigenvalue weighted by Crippen LogP contribution is -2.50. The minimum absolute atomic E-state index is 0.178. The van der Waals surface area contributed by atoms with Gasteiger partial charge in [-0.25, -0.2) is 0 Å². The van der Waals surface area contributed by atoms with Crippen LogP contribution in [0.5, 0.6) is 0 Å². The van der Waals surface area contributed by atoms with E-state index in [1.54, 1.807) is 13.0 Å². The zero-order valence-corrected chi connectivity index (χ0v) is 8.41. The molecular formula is C9H15N3O2. The maximum absolute atomic E-state index is 11.5. The van der Waals surface area contributed by atoms with Crippen molar-refractivity contribution in [3.8, 4) is 0 Å². The number of amides is 1. The van der Waals surface area contributed by atoms with Crippen molar-refractivity contribution in [2.75, 3.05) is 0 Å². The quantitative estimate of drug-likeness (QED) is 0.732. The Morgan fingerprint density at radius 2 is 2.50 bits per heavy atom. The van der Waals surface area contributed by atoms with Crippen molar-refractivity contribution in [3.63, 3.8) is 0 Å². The molecule has 1 aromatic rings. The summed E-state index contributed by atoms with van der Waals surface area (Å²) in [7, 11) is 0. The molecule has 0 aliphatic rings. The van der Waals surface area contributed by atoms with Gasteiger partial charge in [-0.05, 0) is 13.3 Å². The van der Waals surface area contributed by atoms with Gasteiger partial charge in [-0.2, -0.15) is 0 Å². The first kappa shape index (κ1) is 10.7. The molecule has 5 heteroatoms. The molecule has 0 radical (unpaired) electrons. The highest BCUT2D eigenvalue weighted by molar-refractivity contribution is 5.85. The summed E-state index contributed by atoms with van der Waals surface area (Å²) in [5.74, 6) is -0.178. The van der Waals surface area contributed by atoms with Crippen LogP contribution in [-0.4, -0.2) is 16.6 Å². The van der Waals surface area contributed by atoms with Crippen molar-refractivity contribution in [2.45, 2.75) is 32.4 Å². The summed E-state index contributed by atoms with van der Waals surface area (Å²) < 4.78 is 4.63. The predicted octanol–water partition coefficient (Wildman–Crippen LogP) is 0.418. The molecular weight excluding hydrogens is 182 g/mol. The van der Waals surface area contributed by atoms with Gasteiger partial charge in [-0.3, -0.25) is 4.79 Å². The zero-order chi connectivity index (χ0) is 10.6. The third kappa shape index (κ3) is 2.56. The molecule has 5 nitrogen and oxygen atoms in total. The van der Waals surface area contributed by atoms with Crippen LogP contribution in [0.1, 0.15) is 26.0 Å². The molecule has 1 amide bonds. The van der Waals surface area contributed by atoms with Gasteiger partial charge in [0, 0.05) is 6.07 Å². The van der Waals surface area contributed by atoms with E-state index in [1.807, 2.05) is 6.92 Å². The molecule has 1 unspecified atom stereocenters. The number of hydrogen-bond acceptors (Lipinski definition) is 4. The van der Waals surface area contributed by atoms with Crippen molar-refractivity contribution >= 4 is 5.91 Å². The third-order valence-electron chi connectivity index (χ3n) is 2.17. The van der Waals surface area contributed by atoms with Gasteiger partial charge in [0.05, 0.1) is 12.1 Å². The fourth-order valence-electron chi connectivity index (χ4n) is 0.862. The molecule has 0 saturated heterocycles. The zero-order valence-electron chi connectivity index (χ0n) is 8.41. The lowest BCUT2D eigenvalue weighted by Gasteiger charge is -2.20. The molecule has 0 spiro atoms. The van der Waals surface area contributed by atoms with Crippen LogP contribution in [0.3, 0.4) is 0 Å².